The van der Waals surface area contributed by atoms with Crippen molar-refractivity contribution in [3.63, 3.8) is 0 Å². The molecule has 3 heteroatoms. The molecule has 0 atom stereocenters. The van der Waals surface area contributed by atoms with Gasteiger partial charge in [-0.1, -0.05) is 158 Å². The number of anilines is 3. The highest BCUT2D eigenvalue weighted by molar-refractivity contribution is 6.11. The van der Waals surface area contributed by atoms with Crippen LogP contribution in [0.3, 0.4) is 0 Å². The summed E-state index contributed by atoms with van der Waals surface area (Å²) in [5.41, 5.74) is 13.6. The highest BCUT2D eigenvalue weighted by atomic mass is 16.3. The van der Waals surface area contributed by atoms with Gasteiger partial charge in [0.2, 0.25) is 0 Å². The highest BCUT2D eigenvalue weighted by Gasteiger charge is 2.19. The average molecular weight is 704 g/mol. The highest BCUT2D eigenvalue weighted by Crippen LogP contribution is 2.44. The first-order chi connectivity index (χ1) is 27.3. The second kappa shape index (κ2) is 12.6. The van der Waals surface area contributed by atoms with Crippen LogP contribution in [0.2, 0.25) is 0 Å². The maximum absolute atomic E-state index is 6.42. The van der Waals surface area contributed by atoms with Gasteiger partial charge in [-0.3, -0.25) is 0 Å². The van der Waals surface area contributed by atoms with E-state index in [-0.39, 0.29) is 0 Å². The van der Waals surface area contributed by atoms with Crippen LogP contribution in [-0.2, 0) is 0 Å². The average Bonchev–Trinajstić information content (AvgIpc) is 3.84. The van der Waals surface area contributed by atoms with E-state index in [4.69, 9.17) is 8.83 Å². The van der Waals surface area contributed by atoms with Crippen molar-refractivity contribution in [1.29, 1.82) is 0 Å². The van der Waals surface area contributed by atoms with Crippen molar-refractivity contribution < 1.29 is 8.83 Å². The fraction of sp³-hybridized carbons (Fsp3) is 0. The Kier molecular flexibility index (Phi) is 7.17. The molecule has 0 bridgehead atoms. The van der Waals surface area contributed by atoms with Gasteiger partial charge in [-0.25, -0.2) is 0 Å². The number of hydrogen-bond donors (Lipinski definition) is 0. The van der Waals surface area contributed by atoms with Crippen molar-refractivity contribution in [2.75, 3.05) is 4.90 Å². The largest absolute Gasteiger partial charge is 0.455 e. The predicted molar refractivity (Wildman–Crippen MR) is 229 cm³/mol. The van der Waals surface area contributed by atoms with Gasteiger partial charge in [0.1, 0.15) is 22.3 Å². The van der Waals surface area contributed by atoms with Gasteiger partial charge >= 0.3 is 0 Å². The van der Waals surface area contributed by atoms with Crippen molar-refractivity contribution in [2.45, 2.75) is 0 Å². The number of nitrogens with zero attached hydrogens (tertiary/aromatic N) is 1. The molecule has 0 saturated heterocycles. The lowest BCUT2D eigenvalue weighted by Gasteiger charge is -2.28. The summed E-state index contributed by atoms with van der Waals surface area (Å²) in [5.74, 6) is 0. The van der Waals surface area contributed by atoms with Crippen molar-refractivity contribution in [1.82, 2.24) is 0 Å². The first kappa shape index (κ1) is 31.2. The molecule has 0 aliphatic rings. The third-order valence-corrected chi connectivity index (χ3v) is 10.9. The topological polar surface area (TPSA) is 29.5 Å². The lowest BCUT2D eigenvalue weighted by Crippen LogP contribution is -2.10. The molecule has 0 unspecified atom stereocenters. The Morgan fingerprint density at radius 2 is 0.709 bits per heavy atom. The van der Waals surface area contributed by atoms with E-state index in [9.17, 15) is 0 Å². The van der Waals surface area contributed by atoms with Crippen LogP contribution in [0.4, 0.5) is 17.1 Å². The quantitative estimate of drug-likeness (QED) is 0.173. The normalized spacial score (nSPS) is 11.6. The second-order valence-electron chi connectivity index (χ2n) is 14.0. The molecule has 11 rings (SSSR count). The number of rotatable bonds is 6. The SMILES string of the molecule is c1ccc(-c2ccc(N(c3ccc(-c4cccc5c4oc4ccccc45)cc3)c3ccc(-c4cccc5c4oc4ccccc45)cc3)c3ccccc23)cc1. The Labute approximate surface area is 317 Å². The standard InChI is InChI=1S/C52H33NO2/c1-2-12-34(13-3-1)39-32-33-48(43-15-5-4-14-42(39)43)53(37-28-24-35(25-29-37)40-18-10-20-46-44-16-6-8-22-49(44)54-51(40)46)38-30-26-36(27-31-38)41-19-11-21-47-45-17-7-9-23-50(45)55-52(41)47/h1-33H. The van der Waals surface area contributed by atoms with Crippen LogP contribution in [0.1, 0.15) is 0 Å². The van der Waals surface area contributed by atoms with Crippen molar-refractivity contribution in [2.24, 2.45) is 0 Å². The van der Waals surface area contributed by atoms with E-state index in [1.807, 2.05) is 24.3 Å². The summed E-state index contributed by atoms with van der Waals surface area (Å²) in [6, 6.07) is 70.9. The van der Waals surface area contributed by atoms with Crippen molar-refractivity contribution >= 4 is 71.7 Å². The second-order valence-corrected chi connectivity index (χ2v) is 14.0. The number of furan rings is 2. The van der Waals surface area contributed by atoms with Crippen LogP contribution in [0, 0.1) is 0 Å². The van der Waals surface area contributed by atoms with Gasteiger partial charge in [-0.15, -0.1) is 0 Å². The van der Waals surface area contributed by atoms with Crippen molar-refractivity contribution in [3.05, 3.63) is 200 Å². The molecule has 0 N–H and O–H groups in total. The molecule has 2 aromatic heterocycles. The summed E-state index contributed by atoms with van der Waals surface area (Å²) in [5, 5.41) is 6.90. The summed E-state index contributed by atoms with van der Waals surface area (Å²) < 4.78 is 12.8. The predicted octanol–water partition coefficient (Wildman–Crippen LogP) is 15.1. The Hall–Kier alpha value is -7.36. The molecule has 55 heavy (non-hydrogen) atoms. The van der Waals surface area contributed by atoms with Gasteiger partial charge in [-0.2, -0.15) is 0 Å². The van der Waals surface area contributed by atoms with Gasteiger partial charge in [0.25, 0.3) is 0 Å². The maximum atomic E-state index is 6.42. The summed E-state index contributed by atoms with van der Waals surface area (Å²) in [6.07, 6.45) is 0. The zero-order chi connectivity index (χ0) is 36.3. The molecular formula is C52H33NO2. The van der Waals surface area contributed by atoms with Crippen LogP contribution in [0.5, 0.6) is 0 Å². The smallest absolute Gasteiger partial charge is 0.143 e. The zero-order valence-electron chi connectivity index (χ0n) is 29.8. The van der Waals surface area contributed by atoms with E-state index in [1.54, 1.807) is 0 Å². The molecule has 0 fully saturated rings. The van der Waals surface area contributed by atoms with Gasteiger partial charge < -0.3 is 13.7 Å². The number of hydrogen-bond acceptors (Lipinski definition) is 3. The number of fused-ring (bicyclic) bond motifs is 7. The fourth-order valence-electron chi connectivity index (χ4n) is 8.30. The Morgan fingerprint density at radius 3 is 1.25 bits per heavy atom. The van der Waals surface area contributed by atoms with Gasteiger partial charge in [-0.05, 0) is 70.1 Å². The molecule has 11 aromatic rings. The van der Waals surface area contributed by atoms with Crippen LogP contribution in [0.15, 0.2) is 209 Å². The van der Waals surface area contributed by atoms with Crippen molar-refractivity contribution in [3.8, 4) is 33.4 Å². The van der Waals surface area contributed by atoms with E-state index in [0.717, 1.165) is 83.2 Å². The molecule has 2 heterocycles. The van der Waals surface area contributed by atoms with E-state index >= 15 is 0 Å². The minimum atomic E-state index is 0.901. The lowest BCUT2D eigenvalue weighted by atomic mass is 9.96. The molecule has 0 aliphatic heterocycles. The Bertz CT molecular complexity index is 3030. The summed E-state index contributed by atoms with van der Waals surface area (Å²) in [6.45, 7) is 0. The van der Waals surface area contributed by atoms with E-state index in [1.165, 1.54) is 21.9 Å². The van der Waals surface area contributed by atoms with Crippen LogP contribution < -0.4 is 4.90 Å². The monoisotopic (exact) mass is 703 g/mol. The molecule has 0 aliphatic carbocycles. The van der Waals surface area contributed by atoms with E-state index in [0.29, 0.717) is 0 Å². The van der Waals surface area contributed by atoms with Crippen LogP contribution in [-0.4, -0.2) is 0 Å². The summed E-state index contributed by atoms with van der Waals surface area (Å²) in [4.78, 5) is 2.37. The molecule has 0 radical (unpaired) electrons. The first-order valence-corrected chi connectivity index (χ1v) is 18.7. The first-order valence-electron chi connectivity index (χ1n) is 18.7. The molecular weight excluding hydrogens is 671 g/mol. The minimum Gasteiger partial charge on any atom is -0.455 e. The number of para-hydroxylation sites is 4. The summed E-state index contributed by atoms with van der Waals surface area (Å²) in [7, 11) is 0. The molecule has 0 spiro atoms. The number of benzene rings is 9. The zero-order valence-corrected chi connectivity index (χ0v) is 29.8. The van der Waals surface area contributed by atoms with E-state index in [2.05, 4.69) is 181 Å². The lowest BCUT2D eigenvalue weighted by molar-refractivity contribution is 0.669. The van der Waals surface area contributed by atoms with Gasteiger partial charge in [0, 0.05) is 49.4 Å². The van der Waals surface area contributed by atoms with E-state index < -0.39 is 0 Å². The maximum Gasteiger partial charge on any atom is 0.143 e. The minimum absolute atomic E-state index is 0.901. The molecule has 258 valence electrons. The Balaban J connectivity index is 1.06. The summed E-state index contributed by atoms with van der Waals surface area (Å²) >= 11 is 0. The fourth-order valence-corrected chi connectivity index (χ4v) is 8.30. The molecule has 0 amide bonds. The third-order valence-electron chi connectivity index (χ3n) is 10.9. The van der Waals surface area contributed by atoms with Crippen LogP contribution in [0.25, 0.3) is 88.0 Å². The molecule has 9 aromatic carbocycles. The molecule has 3 nitrogen and oxygen atoms in total. The van der Waals surface area contributed by atoms with Crippen LogP contribution >= 0.6 is 0 Å². The molecule has 0 saturated carbocycles. The third kappa shape index (κ3) is 5.13. The van der Waals surface area contributed by atoms with Gasteiger partial charge in [0.15, 0.2) is 0 Å². The Morgan fingerprint density at radius 1 is 0.273 bits per heavy atom. The van der Waals surface area contributed by atoms with Gasteiger partial charge in [0.05, 0.1) is 5.69 Å².